The smallest absolute Gasteiger partial charge is 0.306 e. The number of carbonyl (C=O) groups is 3. The van der Waals surface area contributed by atoms with E-state index in [9.17, 15) is 14.4 Å². The lowest BCUT2D eigenvalue weighted by Gasteiger charge is -2.18. The second kappa shape index (κ2) is 52.6. The summed E-state index contributed by atoms with van der Waals surface area (Å²) in [5, 5.41) is 0. The Morgan fingerprint density at radius 3 is 1.03 bits per heavy atom. The van der Waals surface area contributed by atoms with E-state index < -0.39 is 12.1 Å². The van der Waals surface area contributed by atoms with Gasteiger partial charge in [-0.15, -0.1) is 0 Å². The number of esters is 3. The lowest BCUT2D eigenvalue weighted by atomic mass is 10.1. The van der Waals surface area contributed by atoms with Gasteiger partial charge in [-0.2, -0.15) is 0 Å². The van der Waals surface area contributed by atoms with E-state index in [1.165, 1.54) is 0 Å². The van der Waals surface area contributed by atoms with Crippen molar-refractivity contribution in [1.29, 1.82) is 0 Å². The minimum Gasteiger partial charge on any atom is -0.462 e. The number of allylic oxidation sites excluding steroid dienone is 34. The van der Waals surface area contributed by atoms with Crippen molar-refractivity contribution in [3.05, 3.63) is 207 Å². The molecule has 0 aliphatic carbocycles. The zero-order chi connectivity index (χ0) is 48.6. The summed E-state index contributed by atoms with van der Waals surface area (Å²) in [6.45, 7) is 6.05. The Labute approximate surface area is 407 Å². The first-order chi connectivity index (χ1) is 33.0. The van der Waals surface area contributed by atoms with Gasteiger partial charge >= 0.3 is 17.9 Å². The molecular weight excluding hydrogens is 829 g/mol. The third kappa shape index (κ3) is 50.8. The summed E-state index contributed by atoms with van der Waals surface area (Å²) in [5.74, 6) is -1.12. The van der Waals surface area contributed by atoms with Crippen LogP contribution >= 0.6 is 0 Å². The molecule has 0 saturated carbocycles. The summed E-state index contributed by atoms with van der Waals surface area (Å²) in [5.41, 5.74) is 0. The van der Waals surface area contributed by atoms with E-state index in [0.717, 1.165) is 77.0 Å². The number of hydrogen-bond donors (Lipinski definition) is 0. The van der Waals surface area contributed by atoms with Crippen LogP contribution in [0.5, 0.6) is 0 Å². The number of unbranched alkanes of at least 4 members (excludes halogenated alkanes) is 7. The molecule has 67 heavy (non-hydrogen) atoms. The zero-order valence-corrected chi connectivity index (χ0v) is 41.3. The van der Waals surface area contributed by atoms with Crippen LogP contribution in [0, 0.1) is 0 Å². The van der Waals surface area contributed by atoms with Gasteiger partial charge in [0.2, 0.25) is 0 Å². The highest BCUT2D eigenvalue weighted by molar-refractivity contribution is 5.71. The number of carbonyl (C=O) groups excluding carboxylic acids is 3. The molecule has 6 heteroatoms. The van der Waals surface area contributed by atoms with Gasteiger partial charge in [-0.25, -0.2) is 0 Å². The molecule has 0 aliphatic rings. The Hall–Kier alpha value is -6.01. The molecule has 0 bridgehead atoms. The molecule has 0 saturated heterocycles. The van der Waals surface area contributed by atoms with E-state index in [1.807, 2.05) is 146 Å². The molecule has 0 aromatic carbocycles. The molecule has 0 aliphatic heterocycles. The van der Waals surface area contributed by atoms with Gasteiger partial charge in [0.05, 0.1) is 0 Å². The first-order valence-corrected chi connectivity index (χ1v) is 24.8. The standard InChI is InChI=1S/C61H84O6/c1-4-7-10-13-16-19-22-24-26-28-30-32-34-36-39-42-45-48-51-54-60(63)66-57-58(56-65-59(62)53-50-47-44-41-38-21-18-15-12-9-6-3)67-61(64)55-52-49-46-43-40-37-35-33-31-29-27-25-23-20-17-14-11-8-5-2/h7-14,16-37,39-41,44,58H,4-6,15,38,42-43,45-57H2,1-3H3/b10-7-,11-8-,12-9-,16-13-,17-14-,21-18-,22-19-,23-20-,26-24-,27-25-,30-28+,31-29+,34-32-,35-33-,39-36-,40-37-,44-41-. The fraction of sp³-hybridized carbons (Fsp3) is 0.393. The normalized spacial score (nSPS) is 13.9. The Bertz CT molecular complexity index is 1760. The van der Waals surface area contributed by atoms with Crippen LogP contribution in [0.3, 0.4) is 0 Å². The van der Waals surface area contributed by atoms with E-state index in [4.69, 9.17) is 14.2 Å². The van der Waals surface area contributed by atoms with Crippen LogP contribution < -0.4 is 0 Å². The monoisotopic (exact) mass is 913 g/mol. The summed E-state index contributed by atoms with van der Waals surface area (Å²) >= 11 is 0. The van der Waals surface area contributed by atoms with Crippen molar-refractivity contribution in [2.24, 2.45) is 0 Å². The molecule has 6 nitrogen and oxygen atoms in total. The molecule has 0 spiro atoms. The third-order valence-corrected chi connectivity index (χ3v) is 9.15. The first kappa shape index (κ1) is 61.0. The molecule has 0 rings (SSSR count). The molecule has 1 atom stereocenters. The largest absolute Gasteiger partial charge is 0.462 e. The van der Waals surface area contributed by atoms with E-state index in [-0.39, 0.29) is 44.4 Å². The predicted molar refractivity (Wildman–Crippen MR) is 287 cm³/mol. The van der Waals surface area contributed by atoms with Crippen molar-refractivity contribution in [3.8, 4) is 0 Å². The highest BCUT2D eigenvalue weighted by Crippen LogP contribution is 2.10. The highest BCUT2D eigenvalue weighted by Gasteiger charge is 2.19. The third-order valence-electron chi connectivity index (χ3n) is 9.15. The van der Waals surface area contributed by atoms with Crippen LogP contribution in [0.4, 0.5) is 0 Å². The SMILES string of the molecule is CC\C=C/C=C\C=C/C=C\C=C\C=C/C=C\CCCCCC(=O)OCC(COC(=O)CCC/C=C\C/C=C\C/C=C\CC)OC(=O)CCCCC\C=C/C=C\C=C\C=C/C=C\C=C/C=C\CC. The zero-order valence-electron chi connectivity index (χ0n) is 41.3. The van der Waals surface area contributed by atoms with Gasteiger partial charge in [-0.1, -0.05) is 240 Å². The minimum absolute atomic E-state index is 0.151. The molecule has 0 fully saturated rings. The highest BCUT2D eigenvalue weighted by atomic mass is 16.6. The predicted octanol–water partition coefficient (Wildman–Crippen LogP) is 16.5. The Kier molecular flexibility index (Phi) is 47.9. The van der Waals surface area contributed by atoms with E-state index in [2.05, 4.69) is 81.5 Å². The lowest BCUT2D eigenvalue weighted by Crippen LogP contribution is -2.30. The Balaban J connectivity index is 4.70. The van der Waals surface area contributed by atoms with Crippen molar-refractivity contribution >= 4 is 17.9 Å². The summed E-state index contributed by atoms with van der Waals surface area (Å²) < 4.78 is 16.6. The van der Waals surface area contributed by atoms with Crippen molar-refractivity contribution in [2.45, 2.75) is 142 Å². The summed E-state index contributed by atoms with van der Waals surface area (Å²) in [6, 6.07) is 0. The van der Waals surface area contributed by atoms with Crippen LogP contribution in [0.2, 0.25) is 0 Å². The molecular formula is C61H84O6. The molecule has 1 unspecified atom stereocenters. The van der Waals surface area contributed by atoms with Crippen molar-refractivity contribution in [1.82, 2.24) is 0 Å². The van der Waals surface area contributed by atoms with Crippen LogP contribution in [-0.4, -0.2) is 37.2 Å². The van der Waals surface area contributed by atoms with Gasteiger partial charge in [-0.3, -0.25) is 14.4 Å². The van der Waals surface area contributed by atoms with Crippen molar-refractivity contribution in [2.75, 3.05) is 13.2 Å². The molecule has 0 aromatic heterocycles. The van der Waals surface area contributed by atoms with Gasteiger partial charge in [-0.05, 0) is 83.5 Å². The molecule has 364 valence electrons. The maximum atomic E-state index is 12.8. The van der Waals surface area contributed by atoms with Crippen molar-refractivity contribution in [3.63, 3.8) is 0 Å². The topological polar surface area (TPSA) is 78.9 Å². The molecule has 0 heterocycles. The summed E-state index contributed by atoms with van der Waals surface area (Å²) in [7, 11) is 0. The van der Waals surface area contributed by atoms with Crippen LogP contribution in [0.25, 0.3) is 0 Å². The molecule has 0 radical (unpaired) electrons. The summed E-state index contributed by atoms with van der Waals surface area (Å²) in [4.78, 5) is 37.9. The molecule has 0 aromatic rings. The maximum Gasteiger partial charge on any atom is 0.306 e. The van der Waals surface area contributed by atoms with E-state index >= 15 is 0 Å². The van der Waals surface area contributed by atoms with Gasteiger partial charge in [0.15, 0.2) is 6.10 Å². The second-order valence-electron chi connectivity index (χ2n) is 15.2. The van der Waals surface area contributed by atoms with Crippen LogP contribution in [0.1, 0.15) is 136 Å². The molecule has 0 N–H and O–H groups in total. The minimum atomic E-state index is -0.855. The Morgan fingerprint density at radius 2 is 0.627 bits per heavy atom. The summed E-state index contributed by atoms with van der Waals surface area (Å²) in [6.07, 6.45) is 82.4. The van der Waals surface area contributed by atoms with E-state index in [1.54, 1.807) is 0 Å². The molecule has 0 amide bonds. The van der Waals surface area contributed by atoms with Crippen molar-refractivity contribution < 1.29 is 28.6 Å². The number of rotatable bonds is 40. The lowest BCUT2D eigenvalue weighted by molar-refractivity contribution is -0.167. The quantitative estimate of drug-likeness (QED) is 0.0200. The van der Waals surface area contributed by atoms with Gasteiger partial charge in [0.1, 0.15) is 13.2 Å². The number of hydrogen-bond acceptors (Lipinski definition) is 6. The van der Waals surface area contributed by atoms with Crippen LogP contribution in [0.15, 0.2) is 207 Å². The fourth-order valence-corrected chi connectivity index (χ4v) is 5.55. The first-order valence-electron chi connectivity index (χ1n) is 24.8. The fourth-order valence-electron chi connectivity index (χ4n) is 5.55. The maximum absolute atomic E-state index is 12.8. The van der Waals surface area contributed by atoms with Gasteiger partial charge in [0, 0.05) is 19.3 Å². The van der Waals surface area contributed by atoms with Gasteiger partial charge < -0.3 is 14.2 Å². The Morgan fingerprint density at radius 1 is 0.313 bits per heavy atom. The van der Waals surface area contributed by atoms with Gasteiger partial charge in [0.25, 0.3) is 0 Å². The average Bonchev–Trinajstić information content (AvgIpc) is 3.33. The van der Waals surface area contributed by atoms with Crippen LogP contribution in [-0.2, 0) is 28.6 Å². The number of ether oxygens (including phenoxy) is 3. The average molecular weight is 913 g/mol. The second-order valence-corrected chi connectivity index (χ2v) is 15.2. The van der Waals surface area contributed by atoms with E-state index in [0.29, 0.717) is 19.3 Å².